The Morgan fingerprint density at radius 2 is 1.57 bits per heavy atom. The van der Waals surface area contributed by atoms with Gasteiger partial charge >= 0.3 is 0 Å². The highest BCUT2D eigenvalue weighted by atomic mass is 32.2. The largest absolute Gasteiger partial charge is 0.495 e. The Hall–Kier alpha value is -3.85. The molecule has 214 valence electrons. The van der Waals surface area contributed by atoms with Gasteiger partial charge in [-0.25, -0.2) is 8.42 Å². The van der Waals surface area contributed by atoms with Gasteiger partial charge in [0.05, 0.1) is 17.7 Å². The number of hydrogen-bond donors (Lipinski definition) is 1. The highest BCUT2D eigenvalue weighted by Crippen LogP contribution is 2.33. The maximum atomic E-state index is 14.0. The summed E-state index contributed by atoms with van der Waals surface area (Å²) in [5.41, 5.74) is 2.06. The maximum Gasteiger partial charge on any atom is 0.264 e. The highest BCUT2D eigenvalue weighted by Gasteiger charge is 2.33. The van der Waals surface area contributed by atoms with Gasteiger partial charge in [0.15, 0.2) is 0 Å². The molecule has 0 saturated carbocycles. The van der Waals surface area contributed by atoms with Crippen molar-refractivity contribution in [2.45, 2.75) is 57.5 Å². The molecule has 3 aromatic rings. The summed E-state index contributed by atoms with van der Waals surface area (Å²) in [7, 11) is -2.71. The van der Waals surface area contributed by atoms with Gasteiger partial charge in [0, 0.05) is 12.6 Å². The van der Waals surface area contributed by atoms with E-state index in [-0.39, 0.29) is 29.1 Å². The Balaban J connectivity index is 2.03. The smallest absolute Gasteiger partial charge is 0.264 e. The maximum absolute atomic E-state index is 14.0. The van der Waals surface area contributed by atoms with Crippen molar-refractivity contribution in [1.82, 2.24) is 10.2 Å². The van der Waals surface area contributed by atoms with Crippen LogP contribution in [0.3, 0.4) is 0 Å². The van der Waals surface area contributed by atoms with Crippen molar-refractivity contribution in [2.75, 3.05) is 24.5 Å². The summed E-state index contributed by atoms with van der Waals surface area (Å²) in [6.45, 7) is 7.11. The van der Waals surface area contributed by atoms with Gasteiger partial charge in [-0.1, -0.05) is 61.5 Å². The summed E-state index contributed by atoms with van der Waals surface area (Å²) in [6, 6.07) is 21.9. The van der Waals surface area contributed by atoms with E-state index in [9.17, 15) is 18.0 Å². The fraction of sp³-hybridized carbons (Fsp3) is 0.355. The fourth-order valence-electron chi connectivity index (χ4n) is 4.26. The zero-order valence-electron chi connectivity index (χ0n) is 23.8. The minimum atomic E-state index is -4.16. The molecule has 8 nitrogen and oxygen atoms in total. The van der Waals surface area contributed by atoms with Crippen LogP contribution in [-0.2, 0) is 26.0 Å². The molecule has 0 radical (unpaired) electrons. The minimum absolute atomic E-state index is 0.0461. The first kappa shape index (κ1) is 30.7. The molecule has 0 saturated heterocycles. The van der Waals surface area contributed by atoms with Gasteiger partial charge in [-0.2, -0.15) is 0 Å². The highest BCUT2D eigenvalue weighted by molar-refractivity contribution is 7.92. The molecule has 0 heterocycles. The third kappa shape index (κ3) is 7.63. The molecule has 0 fully saturated rings. The van der Waals surface area contributed by atoms with Crippen LogP contribution < -0.4 is 14.4 Å². The minimum Gasteiger partial charge on any atom is -0.495 e. The van der Waals surface area contributed by atoms with Crippen LogP contribution in [0.15, 0.2) is 83.8 Å². The lowest BCUT2D eigenvalue weighted by molar-refractivity contribution is -0.139. The number of methoxy groups -OCH3 is 1. The van der Waals surface area contributed by atoms with Crippen LogP contribution in [0.25, 0.3) is 0 Å². The van der Waals surface area contributed by atoms with Crippen molar-refractivity contribution < 1.29 is 22.7 Å². The van der Waals surface area contributed by atoms with E-state index in [4.69, 9.17) is 4.74 Å². The van der Waals surface area contributed by atoms with E-state index in [1.165, 1.54) is 24.1 Å². The van der Waals surface area contributed by atoms with Gasteiger partial charge in [-0.3, -0.25) is 13.9 Å². The summed E-state index contributed by atoms with van der Waals surface area (Å²) < 4.78 is 34.5. The molecule has 0 aliphatic carbocycles. The third-order valence-electron chi connectivity index (χ3n) is 6.87. The normalized spacial score (nSPS) is 12.7. The van der Waals surface area contributed by atoms with E-state index >= 15 is 0 Å². The Morgan fingerprint density at radius 1 is 0.950 bits per heavy atom. The van der Waals surface area contributed by atoms with Gasteiger partial charge in [0.1, 0.15) is 18.3 Å². The topological polar surface area (TPSA) is 96.0 Å². The Kier molecular flexibility index (Phi) is 10.7. The van der Waals surface area contributed by atoms with Crippen LogP contribution >= 0.6 is 0 Å². The molecule has 3 rings (SSSR count). The summed E-state index contributed by atoms with van der Waals surface area (Å²) >= 11 is 0. The van der Waals surface area contributed by atoms with Gasteiger partial charge in [0.25, 0.3) is 10.0 Å². The second-order valence-corrected chi connectivity index (χ2v) is 11.7. The van der Waals surface area contributed by atoms with Gasteiger partial charge < -0.3 is 15.0 Å². The number of anilines is 1. The number of benzene rings is 3. The number of sulfonamides is 1. The average Bonchev–Trinajstić information content (AvgIpc) is 2.96. The molecular formula is C31H39N3O5S. The van der Waals surface area contributed by atoms with Gasteiger partial charge in [-0.05, 0) is 69.0 Å². The van der Waals surface area contributed by atoms with Crippen molar-refractivity contribution in [3.63, 3.8) is 0 Å². The van der Waals surface area contributed by atoms with Crippen molar-refractivity contribution in [3.8, 4) is 5.75 Å². The van der Waals surface area contributed by atoms with Crippen molar-refractivity contribution in [1.29, 1.82) is 0 Å². The standard InChI is InChI=1S/C31H39N3O5S/c1-6-24(3)32-31(36)25(4)33(20-19-26-13-9-7-10-14-26)30(35)22-34(28-21-23(2)17-18-29(28)39-5)40(37,38)27-15-11-8-12-16-27/h7-18,21,24-25H,6,19-20,22H2,1-5H3,(H,32,36)/t24-,25+/m0/s1. The SMILES string of the molecule is CC[C@H](C)NC(=O)[C@@H](C)N(CCc1ccccc1)C(=O)CN(c1cc(C)ccc1OC)S(=O)(=O)c1ccccc1. The summed E-state index contributed by atoms with van der Waals surface area (Å²) in [6.07, 6.45) is 1.25. The Bertz CT molecular complexity index is 1380. The van der Waals surface area contributed by atoms with E-state index in [2.05, 4.69) is 5.32 Å². The quantitative estimate of drug-likeness (QED) is 0.328. The van der Waals surface area contributed by atoms with Gasteiger partial charge in [0.2, 0.25) is 11.8 Å². The van der Waals surface area contributed by atoms with Crippen LogP contribution in [0.1, 0.15) is 38.3 Å². The summed E-state index contributed by atoms with van der Waals surface area (Å²) in [4.78, 5) is 28.6. The van der Waals surface area contributed by atoms with E-state index < -0.39 is 28.5 Å². The van der Waals surface area contributed by atoms with E-state index in [1.807, 2.05) is 57.2 Å². The number of nitrogens with zero attached hydrogens (tertiary/aromatic N) is 2. The van der Waals surface area contributed by atoms with Crippen molar-refractivity contribution in [2.24, 2.45) is 0 Å². The number of aryl methyl sites for hydroxylation is 1. The van der Waals surface area contributed by atoms with Gasteiger partial charge in [-0.15, -0.1) is 0 Å². The van der Waals surface area contributed by atoms with E-state index in [0.29, 0.717) is 12.2 Å². The average molecular weight is 566 g/mol. The van der Waals surface area contributed by atoms with Crippen LogP contribution in [0.4, 0.5) is 5.69 Å². The van der Waals surface area contributed by atoms with Crippen LogP contribution in [0, 0.1) is 6.92 Å². The number of rotatable bonds is 13. The molecule has 9 heteroatoms. The molecule has 3 aromatic carbocycles. The predicted octanol–water partition coefficient (Wildman–Crippen LogP) is 4.57. The first-order chi connectivity index (χ1) is 19.1. The van der Waals surface area contributed by atoms with Crippen molar-refractivity contribution >= 4 is 27.5 Å². The molecule has 40 heavy (non-hydrogen) atoms. The Labute approximate surface area is 238 Å². The molecular weight excluding hydrogens is 526 g/mol. The summed E-state index contributed by atoms with van der Waals surface area (Å²) in [5.74, 6) is -0.469. The lowest BCUT2D eigenvalue weighted by atomic mass is 10.1. The molecule has 0 aromatic heterocycles. The molecule has 0 unspecified atom stereocenters. The molecule has 2 amide bonds. The van der Waals surface area contributed by atoms with E-state index in [0.717, 1.165) is 21.9 Å². The molecule has 0 spiro atoms. The first-order valence-corrected chi connectivity index (χ1v) is 14.9. The third-order valence-corrected chi connectivity index (χ3v) is 8.64. The number of carbonyl (C=O) groups excluding carboxylic acids is 2. The lowest BCUT2D eigenvalue weighted by Gasteiger charge is -2.33. The number of nitrogens with one attached hydrogen (secondary N) is 1. The zero-order valence-corrected chi connectivity index (χ0v) is 24.6. The van der Waals surface area contributed by atoms with Crippen LogP contribution in [0.5, 0.6) is 5.75 Å². The monoisotopic (exact) mass is 565 g/mol. The second kappa shape index (κ2) is 14.0. The fourth-order valence-corrected chi connectivity index (χ4v) is 5.70. The van der Waals surface area contributed by atoms with E-state index in [1.54, 1.807) is 37.3 Å². The second-order valence-electron chi connectivity index (χ2n) is 9.82. The number of amides is 2. The molecule has 2 atom stereocenters. The molecule has 0 bridgehead atoms. The van der Waals surface area contributed by atoms with Crippen molar-refractivity contribution in [3.05, 3.63) is 90.0 Å². The predicted molar refractivity (Wildman–Crippen MR) is 158 cm³/mol. The molecule has 1 N–H and O–H groups in total. The number of ether oxygens (including phenoxy) is 1. The molecule has 0 aliphatic heterocycles. The first-order valence-electron chi connectivity index (χ1n) is 13.4. The Morgan fingerprint density at radius 3 is 2.17 bits per heavy atom. The summed E-state index contributed by atoms with van der Waals surface area (Å²) in [5, 5.41) is 2.94. The van der Waals surface area contributed by atoms with Crippen LogP contribution in [0.2, 0.25) is 0 Å². The zero-order chi connectivity index (χ0) is 29.3. The number of carbonyl (C=O) groups is 2. The lowest BCUT2D eigenvalue weighted by Crippen LogP contribution is -2.53. The van der Waals surface area contributed by atoms with Crippen LogP contribution in [-0.4, -0.2) is 57.4 Å². The number of hydrogen-bond acceptors (Lipinski definition) is 5. The molecule has 0 aliphatic rings.